The van der Waals surface area contributed by atoms with Crippen molar-refractivity contribution in [2.75, 3.05) is 31.7 Å². The van der Waals surface area contributed by atoms with Gasteiger partial charge >= 0.3 is 0 Å². The number of nitrogens with one attached hydrogen (secondary N) is 1. The van der Waals surface area contributed by atoms with Crippen molar-refractivity contribution in [3.05, 3.63) is 40.4 Å². The van der Waals surface area contributed by atoms with Crippen LogP contribution in [0, 0.1) is 0 Å². The summed E-state index contributed by atoms with van der Waals surface area (Å²) in [5.74, 6) is 1.28. The van der Waals surface area contributed by atoms with E-state index in [9.17, 15) is 0 Å². The lowest BCUT2D eigenvalue weighted by Gasteiger charge is -2.11. The molecular formula is C18H19Cl2N5O2. The maximum Gasteiger partial charge on any atom is 0.185 e. The monoisotopic (exact) mass is 407 g/mol. The van der Waals surface area contributed by atoms with Crippen molar-refractivity contribution in [1.82, 2.24) is 19.8 Å². The number of rotatable bonds is 7. The van der Waals surface area contributed by atoms with Gasteiger partial charge in [0.1, 0.15) is 5.82 Å². The van der Waals surface area contributed by atoms with Crippen LogP contribution in [0.2, 0.25) is 10.0 Å². The minimum atomic E-state index is 0.239. The van der Waals surface area contributed by atoms with E-state index in [1.54, 1.807) is 22.7 Å². The van der Waals surface area contributed by atoms with Gasteiger partial charge in [-0.2, -0.15) is 4.52 Å². The minimum absolute atomic E-state index is 0.239. The first-order valence-corrected chi connectivity index (χ1v) is 9.57. The molecule has 0 bridgehead atoms. The molecule has 2 aromatic heterocycles. The maximum absolute atomic E-state index is 6.10. The summed E-state index contributed by atoms with van der Waals surface area (Å²) < 4.78 is 12.9. The summed E-state index contributed by atoms with van der Waals surface area (Å²) in [5.41, 5.74) is 1.39. The Morgan fingerprint density at radius 1 is 1.19 bits per heavy atom. The third-order valence-electron chi connectivity index (χ3n) is 4.26. The van der Waals surface area contributed by atoms with Gasteiger partial charge in [0.25, 0.3) is 0 Å². The number of aromatic nitrogens is 4. The van der Waals surface area contributed by atoms with E-state index in [-0.39, 0.29) is 6.10 Å². The molecule has 0 aliphatic carbocycles. The Balaban J connectivity index is 1.42. The lowest BCUT2D eigenvalue weighted by atomic mass is 10.2. The van der Waals surface area contributed by atoms with Gasteiger partial charge in [-0.3, -0.25) is 0 Å². The summed E-state index contributed by atoms with van der Waals surface area (Å²) in [7, 11) is 0. The van der Waals surface area contributed by atoms with Crippen LogP contribution in [0.5, 0.6) is 0 Å². The van der Waals surface area contributed by atoms with E-state index in [1.165, 1.54) is 0 Å². The van der Waals surface area contributed by atoms with Crippen molar-refractivity contribution < 1.29 is 9.47 Å². The van der Waals surface area contributed by atoms with Crippen LogP contribution in [0.3, 0.4) is 0 Å². The lowest BCUT2D eigenvalue weighted by molar-refractivity contribution is 0.0206. The maximum atomic E-state index is 6.10. The molecule has 7 nitrogen and oxygen atoms in total. The van der Waals surface area contributed by atoms with E-state index in [4.69, 9.17) is 32.7 Å². The molecule has 1 aliphatic rings. The number of hydrogen-bond acceptors (Lipinski definition) is 6. The lowest BCUT2D eigenvalue weighted by Crippen LogP contribution is -2.18. The van der Waals surface area contributed by atoms with Crippen LogP contribution in [0.1, 0.15) is 12.8 Å². The molecule has 0 amide bonds. The molecule has 27 heavy (non-hydrogen) atoms. The molecule has 1 fully saturated rings. The predicted molar refractivity (Wildman–Crippen MR) is 105 cm³/mol. The quantitative estimate of drug-likeness (QED) is 0.601. The van der Waals surface area contributed by atoms with Crippen molar-refractivity contribution in [2.45, 2.75) is 18.9 Å². The van der Waals surface area contributed by atoms with E-state index in [1.807, 2.05) is 12.1 Å². The summed E-state index contributed by atoms with van der Waals surface area (Å²) in [4.78, 5) is 0. The molecule has 0 spiro atoms. The third kappa shape index (κ3) is 4.50. The summed E-state index contributed by atoms with van der Waals surface area (Å²) in [5, 5.41) is 17.2. The van der Waals surface area contributed by atoms with E-state index >= 15 is 0 Å². The smallest absolute Gasteiger partial charge is 0.185 e. The molecule has 9 heteroatoms. The third-order valence-corrected chi connectivity index (χ3v) is 4.70. The Morgan fingerprint density at radius 3 is 2.81 bits per heavy atom. The largest absolute Gasteiger partial charge is 0.377 e. The van der Waals surface area contributed by atoms with Crippen LogP contribution in [-0.2, 0) is 9.47 Å². The van der Waals surface area contributed by atoms with Gasteiger partial charge in [0.05, 0.1) is 19.3 Å². The highest BCUT2D eigenvalue weighted by Gasteiger charge is 2.15. The zero-order valence-corrected chi connectivity index (χ0v) is 16.1. The fourth-order valence-electron chi connectivity index (χ4n) is 2.99. The average molecular weight is 408 g/mol. The fourth-order valence-corrected chi connectivity index (χ4v) is 3.51. The molecule has 1 atom stereocenters. The van der Waals surface area contributed by atoms with Gasteiger partial charge in [-0.05, 0) is 43.2 Å². The highest BCUT2D eigenvalue weighted by Crippen LogP contribution is 2.26. The number of nitrogens with zero attached hydrogens (tertiary/aromatic N) is 4. The van der Waals surface area contributed by atoms with Crippen LogP contribution in [0.15, 0.2) is 30.3 Å². The first kappa shape index (κ1) is 18.4. The molecule has 142 valence electrons. The summed E-state index contributed by atoms with van der Waals surface area (Å²) >= 11 is 12.2. The number of benzene rings is 1. The molecule has 3 aromatic rings. The van der Waals surface area contributed by atoms with Gasteiger partial charge in [0.15, 0.2) is 11.5 Å². The molecular weight excluding hydrogens is 389 g/mol. The van der Waals surface area contributed by atoms with Gasteiger partial charge in [0, 0.05) is 28.8 Å². The van der Waals surface area contributed by atoms with Crippen molar-refractivity contribution in [2.24, 2.45) is 0 Å². The van der Waals surface area contributed by atoms with Gasteiger partial charge < -0.3 is 14.8 Å². The standard InChI is InChI=1S/C18H19Cl2N5O2/c19-13-8-12(9-14(20)10-13)18-23-22-17-4-3-16(24-25(17)18)21-5-7-26-11-15-2-1-6-27-15/h3-4,8-10,15H,1-2,5-7,11H2,(H,21,24). The average Bonchev–Trinajstić information content (AvgIpc) is 3.30. The van der Waals surface area contributed by atoms with Crippen LogP contribution < -0.4 is 5.32 Å². The molecule has 0 radical (unpaired) electrons. The van der Waals surface area contributed by atoms with Gasteiger partial charge in [0.2, 0.25) is 0 Å². The van der Waals surface area contributed by atoms with Gasteiger partial charge in [-0.15, -0.1) is 15.3 Å². The molecule has 1 unspecified atom stereocenters. The number of fused-ring (bicyclic) bond motifs is 1. The van der Waals surface area contributed by atoms with Crippen molar-refractivity contribution in [1.29, 1.82) is 0 Å². The predicted octanol–water partition coefficient (Wildman–Crippen LogP) is 3.71. The molecule has 3 heterocycles. The number of hydrogen-bond donors (Lipinski definition) is 1. The van der Waals surface area contributed by atoms with E-state index in [0.29, 0.717) is 47.1 Å². The Hall–Kier alpha value is -1.93. The van der Waals surface area contributed by atoms with Crippen LogP contribution in [0.25, 0.3) is 17.0 Å². The van der Waals surface area contributed by atoms with E-state index in [2.05, 4.69) is 20.6 Å². The summed E-state index contributed by atoms with van der Waals surface area (Å²) in [6.45, 7) is 2.71. The van der Waals surface area contributed by atoms with Crippen molar-refractivity contribution in [3.8, 4) is 11.4 Å². The Kier molecular flexibility index (Phi) is 5.73. The topological polar surface area (TPSA) is 73.6 Å². The first-order chi connectivity index (χ1) is 13.2. The number of halogens is 2. The second-order valence-electron chi connectivity index (χ2n) is 6.31. The Morgan fingerprint density at radius 2 is 2.04 bits per heavy atom. The Bertz CT molecular complexity index is 907. The van der Waals surface area contributed by atoms with Crippen LogP contribution in [0.4, 0.5) is 5.82 Å². The van der Waals surface area contributed by atoms with Gasteiger partial charge in [-0.1, -0.05) is 23.2 Å². The normalized spacial score (nSPS) is 16.9. The molecule has 4 rings (SSSR count). The van der Waals surface area contributed by atoms with E-state index < -0.39 is 0 Å². The highest BCUT2D eigenvalue weighted by atomic mass is 35.5. The molecule has 1 saturated heterocycles. The van der Waals surface area contributed by atoms with Crippen LogP contribution >= 0.6 is 23.2 Å². The molecule has 0 saturated carbocycles. The highest BCUT2D eigenvalue weighted by molar-refractivity contribution is 6.35. The van der Waals surface area contributed by atoms with Gasteiger partial charge in [-0.25, -0.2) is 0 Å². The van der Waals surface area contributed by atoms with Crippen molar-refractivity contribution >= 4 is 34.7 Å². The molecule has 1 aliphatic heterocycles. The summed E-state index contributed by atoms with van der Waals surface area (Å²) in [6.07, 6.45) is 2.44. The zero-order chi connectivity index (χ0) is 18.6. The Labute approximate surface area is 166 Å². The van der Waals surface area contributed by atoms with E-state index in [0.717, 1.165) is 25.0 Å². The first-order valence-electron chi connectivity index (χ1n) is 8.81. The number of anilines is 1. The summed E-state index contributed by atoms with van der Waals surface area (Å²) in [6, 6.07) is 8.95. The zero-order valence-electron chi connectivity index (χ0n) is 14.6. The van der Waals surface area contributed by atoms with Crippen molar-refractivity contribution in [3.63, 3.8) is 0 Å². The second-order valence-corrected chi connectivity index (χ2v) is 7.18. The SMILES string of the molecule is Clc1cc(Cl)cc(-c2nnc3ccc(NCCOCC4CCCO4)nn23)c1. The molecule has 1 aromatic carbocycles. The fraction of sp³-hybridized carbons (Fsp3) is 0.389. The number of ether oxygens (including phenoxy) is 2. The second kappa shape index (κ2) is 8.39. The molecule has 1 N–H and O–H groups in total. The minimum Gasteiger partial charge on any atom is -0.377 e. The van der Waals surface area contributed by atoms with Crippen LogP contribution in [-0.4, -0.2) is 52.3 Å².